The highest BCUT2D eigenvalue weighted by Gasteiger charge is 2.31. The van der Waals surface area contributed by atoms with Gasteiger partial charge in [0.25, 0.3) is 15.9 Å². The summed E-state index contributed by atoms with van der Waals surface area (Å²) in [6.07, 6.45) is 3.77. The standard InChI is InChI=1S/C27H27BrCl2N2O3S/c1-3-4-6-18-9-11-20(12-10-18)31-36(34,35)26-14-22(24(29)15-25(26)30)27(33)32-16-19-7-5-8-23(28)21(19)13-17(32)2/h5,7-12,14-15,17,31H,3-4,6,13,16H2,1-2H3. The molecule has 4 rings (SSSR count). The van der Waals surface area contributed by atoms with Crippen molar-refractivity contribution in [3.8, 4) is 0 Å². The number of nitrogens with zero attached hydrogens (tertiary/aromatic N) is 1. The van der Waals surface area contributed by atoms with Gasteiger partial charge in [-0.05, 0) is 73.2 Å². The van der Waals surface area contributed by atoms with E-state index in [4.69, 9.17) is 23.2 Å². The summed E-state index contributed by atoms with van der Waals surface area (Å²) < 4.78 is 30.1. The molecule has 1 atom stereocenters. The maximum absolute atomic E-state index is 13.6. The van der Waals surface area contributed by atoms with Gasteiger partial charge in [0.05, 0.1) is 15.6 Å². The molecule has 0 spiro atoms. The number of hydrogen-bond donors (Lipinski definition) is 1. The predicted molar refractivity (Wildman–Crippen MR) is 150 cm³/mol. The molecule has 3 aromatic rings. The summed E-state index contributed by atoms with van der Waals surface area (Å²) in [6, 6.07) is 15.7. The zero-order valence-corrected chi connectivity index (χ0v) is 23.9. The van der Waals surface area contributed by atoms with Crippen LogP contribution in [0.1, 0.15) is 53.7 Å². The van der Waals surface area contributed by atoms with Gasteiger partial charge in [-0.1, -0.05) is 76.7 Å². The number of hydrogen-bond acceptors (Lipinski definition) is 3. The summed E-state index contributed by atoms with van der Waals surface area (Å²) in [6.45, 7) is 4.49. The maximum atomic E-state index is 13.6. The van der Waals surface area contributed by atoms with Crippen LogP contribution in [0.2, 0.25) is 10.0 Å². The molecule has 0 fully saturated rings. The number of halogens is 3. The summed E-state index contributed by atoms with van der Waals surface area (Å²) in [7, 11) is -4.06. The van der Waals surface area contributed by atoms with Gasteiger partial charge in [0.2, 0.25) is 0 Å². The number of rotatable bonds is 7. The Hall–Kier alpha value is -2.06. The predicted octanol–water partition coefficient (Wildman–Crippen LogP) is 7.49. The lowest BCUT2D eigenvalue weighted by atomic mass is 9.94. The van der Waals surface area contributed by atoms with Gasteiger partial charge in [-0.2, -0.15) is 0 Å². The molecule has 1 heterocycles. The van der Waals surface area contributed by atoms with Crippen molar-refractivity contribution in [3.05, 3.63) is 91.4 Å². The van der Waals surface area contributed by atoms with Gasteiger partial charge in [-0.3, -0.25) is 9.52 Å². The highest BCUT2D eigenvalue weighted by molar-refractivity contribution is 9.10. The fourth-order valence-corrected chi connectivity index (χ4v) is 6.86. The van der Waals surface area contributed by atoms with Gasteiger partial charge < -0.3 is 4.90 Å². The molecule has 0 aromatic heterocycles. The van der Waals surface area contributed by atoms with E-state index >= 15 is 0 Å². The zero-order chi connectivity index (χ0) is 26.0. The zero-order valence-electron chi connectivity index (χ0n) is 20.0. The van der Waals surface area contributed by atoms with Gasteiger partial charge in [0, 0.05) is 22.7 Å². The fourth-order valence-electron chi connectivity index (χ4n) is 4.38. The van der Waals surface area contributed by atoms with Gasteiger partial charge in [0.15, 0.2) is 0 Å². The van der Waals surface area contributed by atoms with E-state index in [2.05, 4.69) is 27.6 Å². The number of aryl methyl sites for hydroxylation is 1. The van der Waals surface area contributed by atoms with Crippen molar-refractivity contribution >= 4 is 60.7 Å². The van der Waals surface area contributed by atoms with Crippen LogP contribution in [0.4, 0.5) is 5.69 Å². The summed E-state index contributed by atoms with van der Waals surface area (Å²) in [4.78, 5) is 15.1. The van der Waals surface area contributed by atoms with Crippen molar-refractivity contribution in [1.29, 1.82) is 0 Å². The van der Waals surface area contributed by atoms with Crippen LogP contribution < -0.4 is 4.72 Å². The molecule has 190 valence electrons. The molecule has 1 N–H and O–H groups in total. The van der Waals surface area contributed by atoms with Gasteiger partial charge in [-0.15, -0.1) is 0 Å². The Kier molecular flexibility index (Phi) is 8.35. The Labute approximate surface area is 231 Å². The highest BCUT2D eigenvalue weighted by atomic mass is 79.9. The summed E-state index contributed by atoms with van der Waals surface area (Å²) in [5.41, 5.74) is 3.87. The van der Waals surface area contributed by atoms with Crippen molar-refractivity contribution in [1.82, 2.24) is 4.90 Å². The van der Waals surface area contributed by atoms with Crippen LogP contribution in [-0.4, -0.2) is 25.3 Å². The minimum absolute atomic E-state index is 0.0513. The Morgan fingerprint density at radius 2 is 1.83 bits per heavy atom. The Morgan fingerprint density at radius 1 is 1.11 bits per heavy atom. The third kappa shape index (κ3) is 5.75. The number of nitrogens with one attached hydrogen (secondary N) is 1. The molecule has 0 aliphatic carbocycles. The van der Waals surface area contributed by atoms with E-state index in [1.54, 1.807) is 17.0 Å². The van der Waals surface area contributed by atoms with E-state index in [1.807, 2.05) is 37.3 Å². The Morgan fingerprint density at radius 3 is 2.53 bits per heavy atom. The number of fused-ring (bicyclic) bond motifs is 1. The lowest BCUT2D eigenvalue weighted by Gasteiger charge is -2.35. The first-order valence-electron chi connectivity index (χ1n) is 11.8. The molecule has 1 aliphatic rings. The summed E-state index contributed by atoms with van der Waals surface area (Å²) in [5.74, 6) is -0.341. The average Bonchev–Trinajstić information content (AvgIpc) is 2.83. The minimum atomic E-state index is -4.06. The maximum Gasteiger partial charge on any atom is 0.263 e. The van der Waals surface area contributed by atoms with Crippen LogP contribution in [0.3, 0.4) is 0 Å². The van der Waals surface area contributed by atoms with Crippen LogP contribution in [0.5, 0.6) is 0 Å². The molecule has 1 amide bonds. The monoisotopic (exact) mass is 608 g/mol. The molecule has 1 unspecified atom stereocenters. The average molecular weight is 610 g/mol. The van der Waals surface area contributed by atoms with Crippen molar-refractivity contribution in [2.75, 3.05) is 4.72 Å². The number of benzene rings is 3. The van der Waals surface area contributed by atoms with E-state index in [0.29, 0.717) is 18.7 Å². The van der Waals surface area contributed by atoms with E-state index in [0.717, 1.165) is 34.9 Å². The van der Waals surface area contributed by atoms with E-state index in [-0.39, 0.29) is 32.5 Å². The van der Waals surface area contributed by atoms with Crippen LogP contribution in [-0.2, 0) is 29.4 Å². The van der Waals surface area contributed by atoms with E-state index in [9.17, 15) is 13.2 Å². The quantitative estimate of drug-likeness (QED) is 0.302. The molecule has 5 nitrogen and oxygen atoms in total. The third-order valence-corrected chi connectivity index (χ3v) is 9.32. The molecule has 1 aliphatic heterocycles. The smallest absolute Gasteiger partial charge is 0.263 e. The molecule has 3 aromatic carbocycles. The molecule has 0 radical (unpaired) electrons. The van der Waals surface area contributed by atoms with Crippen LogP contribution in [0.25, 0.3) is 0 Å². The normalized spacial score (nSPS) is 15.5. The van der Waals surface area contributed by atoms with Crippen molar-refractivity contribution in [2.24, 2.45) is 0 Å². The fraction of sp³-hybridized carbons (Fsp3) is 0.296. The van der Waals surface area contributed by atoms with Gasteiger partial charge in [0.1, 0.15) is 4.90 Å². The van der Waals surface area contributed by atoms with E-state index in [1.165, 1.54) is 17.7 Å². The van der Waals surface area contributed by atoms with E-state index < -0.39 is 10.0 Å². The Bertz CT molecular complexity index is 1390. The lowest BCUT2D eigenvalue weighted by molar-refractivity contribution is 0.0658. The van der Waals surface area contributed by atoms with Crippen molar-refractivity contribution in [3.63, 3.8) is 0 Å². The molecule has 0 saturated carbocycles. The number of anilines is 1. The second kappa shape index (κ2) is 11.1. The first-order valence-corrected chi connectivity index (χ1v) is 14.8. The highest BCUT2D eigenvalue weighted by Crippen LogP contribution is 2.34. The second-order valence-corrected chi connectivity index (χ2v) is 12.4. The molecular weight excluding hydrogens is 583 g/mol. The van der Waals surface area contributed by atoms with Crippen LogP contribution in [0.15, 0.2) is 64.0 Å². The number of amides is 1. The Balaban J connectivity index is 1.61. The summed E-state index contributed by atoms with van der Waals surface area (Å²) >= 11 is 16.3. The molecule has 0 bridgehead atoms. The van der Waals surface area contributed by atoms with Gasteiger partial charge >= 0.3 is 0 Å². The molecule has 0 saturated heterocycles. The molecular formula is C27H27BrCl2N2O3S. The van der Waals surface area contributed by atoms with Crippen LogP contribution in [0, 0.1) is 0 Å². The largest absolute Gasteiger partial charge is 0.331 e. The SMILES string of the molecule is CCCCc1ccc(NS(=O)(=O)c2cc(C(=O)N3Cc4cccc(Br)c4CC3C)c(Cl)cc2Cl)cc1. The number of sulfonamides is 1. The second-order valence-electron chi connectivity index (χ2n) is 9.03. The number of unbranched alkanes of at least 4 members (excludes halogenated alkanes) is 1. The first-order chi connectivity index (χ1) is 17.1. The molecule has 9 heteroatoms. The number of carbonyl (C=O) groups excluding carboxylic acids is 1. The molecule has 36 heavy (non-hydrogen) atoms. The third-order valence-electron chi connectivity index (χ3n) is 6.42. The van der Waals surface area contributed by atoms with Crippen molar-refractivity contribution in [2.45, 2.75) is 57.0 Å². The number of carbonyl (C=O) groups is 1. The lowest BCUT2D eigenvalue weighted by Crippen LogP contribution is -2.42. The first kappa shape index (κ1) is 27.0. The topological polar surface area (TPSA) is 66.5 Å². The summed E-state index contributed by atoms with van der Waals surface area (Å²) in [5, 5.41) is 0.0565. The minimum Gasteiger partial charge on any atom is -0.331 e. The van der Waals surface area contributed by atoms with Gasteiger partial charge in [-0.25, -0.2) is 8.42 Å². The van der Waals surface area contributed by atoms with Crippen LogP contribution >= 0.6 is 39.1 Å². The van der Waals surface area contributed by atoms with Crippen molar-refractivity contribution < 1.29 is 13.2 Å².